The van der Waals surface area contributed by atoms with Crippen LogP contribution in [0.25, 0.3) is 0 Å². The second kappa shape index (κ2) is 4.20. The Morgan fingerprint density at radius 1 is 1.73 bits per heavy atom. The van der Waals surface area contributed by atoms with Crippen molar-refractivity contribution >= 4 is 15.9 Å². The fourth-order valence-corrected chi connectivity index (χ4v) is 0.880. The molecule has 0 bridgehead atoms. The Morgan fingerprint density at radius 3 is 3.09 bits per heavy atom. The first-order valence-corrected chi connectivity index (χ1v) is 4.51. The third kappa shape index (κ3) is 2.39. The fourth-order valence-electron chi connectivity index (χ4n) is 0.682. The third-order valence-electron chi connectivity index (χ3n) is 1.27. The van der Waals surface area contributed by atoms with Crippen LogP contribution in [0.5, 0.6) is 0 Å². The van der Waals surface area contributed by atoms with Gasteiger partial charge in [-0.2, -0.15) is 5.10 Å². The van der Waals surface area contributed by atoms with E-state index in [0.29, 0.717) is 0 Å². The van der Waals surface area contributed by atoms with Crippen LogP contribution >= 0.6 is 15.9 Å². The number of nitrogens with one attached hydrogen (secondary N) is 1. The van der Waals surface area contributed by atoms with Crippen LogP contribution < -0.4 is 0 Å². The van der Waals surface area contributed by atoms with Crippen LogP contribution in [0.2, 0.25) is 0 Å². The van der Waals surface area contributed by atoms with Crippen molar-refractivity contribution in [3.8, 4) is 11.8 Å². The molecule has 1 rings (SSSR count). The lowest BCUT2D eigenvalue weighted by Crippen LogP contribution is -1.75. The number of nitrogens with zero attached hydrogens (tertiary/aromatic N) is 1. The zero-order valence-electron chi connectivity index (χ0n) is 6.32. The fraction of sp³-hybridized carbons (Fsp3) is 0.375. The Hall–Kier alpha value is -0.750. The van der Waals surface area contributed by atoms with E-state index in [2.05, 4.69) is 38.0 Å². The van der Waals surface area contributed by atoms with Crippen molar-refractivity contribution in [2.24, 2.45) is 0 Å². The van der Waals surface area contributed by atoms with Crippen molar-refractivity contribution in [3.63, 3.8) is 0 Å². The Labute approximate surface area is 74.5 Å². The molecule has 0 fully saturated rings. The van der Waals surface area contributed by atoms with E-state index in [4.69, 9.17) is 0 Å². The van der Waals surface area contributed by atoms with Gasteiger partial charge in [-0.05, 0) is 6.92 Å². The summed E-state index contributed by atoms with van der Waals surface area (Å²) in [6.07, 6.45) is 2.63. The van der Waals surface area contributed by atoms with Gasteiger partial charge in [-0.15, -0.1) is 0 Å². The lowest BCUT2D eigenvalue weighted by Gasteiger charge is -1.82. The van der Waals surface area contributed by atoms with Gasteiger partial charge < -0.3 is 0 Å². The minimum Gasteiger partial charge on any atom is -0.282 e. The quantitative estimate of drug-likeness (QED) is 0.559. The largest absolute Gasteiger partial charge is 0.282 e. The van der Waals surface area contributed by atoms with Gasteiger partial charge in [0.15, 0.2) is 0 Å². The van der Waals surface area contributed by atoms with Gasteiger partial charge in [0.2, 0.25) is 0 Å². The van der Waals surface area contributed by atoms with Gasteiger partial charge in [-0.1, -0.05) is 27.8 Å². The van der Waals surface area contributed by atoms with Crippen molar-refractivity contribution in [1.29, 1.82) is 0 Å². The molecule has 0 aliphatic heterocycles. The first-order chi connectivity index (χ1) is 5.34. The van der Waals surface area contributed by atoms with Crippen LogP contribution in [-0.4, -0.2) is 15.5 Å². The number of H-pyrrole nitrogens is 1. The van der Waals surface area contributed by atoms with Crippen LogP contribution in [-0.2, 0) is 0 Å². The molecule has 0 radical (unpaired) electrons. The summed E-state index contributed by atoms with van der Waals surface area (Å²) in [5.41, 5.74) is 2.03. The summed E-state index contributed by atoms with van der Waals surface area (Å²) in [5, 5.41) is 7.62. The molecular weight excluding hydrogens is 204 g/mol. The Bertz CT molecular complexity index is 280. The molecule has 58 valence electrons. The summed E-state index contributed by atoms with van der Waals surface area (Å²) in [7, 11) is 0. The van der Waals surface area contributed by atoms with Crippen molar-refractivity contribution in [2.75, 3.05) is 5.33 Å². The second-order valence-electron chi connectivity index (χ2n) is 2.15. The molecule has 1 aromatic rings. The van der Waals surface area contributed by atoms with Crippen molar-refractivity contribution in [1.82, 2.24) is 10.2 Å². The van der Waals surface area contributed by atoms with Gasteiger partial charge in [0, 0.05) is 17.4 Å². The molecule has 1 aromatic heterocycles. The number of halogens is 1. The highest BCUT2D eigenvalue weighted by Gasteiger charge is 1.92. The molecule has 0 saturated heterocycles. The van der Waals surface area contributed by atoms with E-state index in [-0.39, 0.29) is 0 Å². The molecular formula is C8H9BrN2. The number of alkyl halides is 1. The summed E-state index contributed by atoms with van der Waals surface area (Å²) in [6.45, 7) is 1.96. The number of rotatable bonds is 1. The molecule has 0 saturated carbocycles. The van der Waals surface area contributed by atoms with Crippen molar-refractivity contribution in [3.05, 3.63) is 17.5 Å². The lowest BCUT2D eigenvalue weighted by molar-refractivity contribution is 1.05. The predicted octanol–water partition coefficient (Wildman–Crippen LogP) is 1.85. The maximum atomic E-state index is 3.86. The maximum absolute atomic E-state index is 3.86. The number of aromatic amines is 1. The Morgan fingerprint density at radius 2 is 2.55 bits per heavy atom. The van der Waals surface area contributed by atoms with E-state index in [9.17, 15) is 0 Å². The second-order valence-corrected chi connectivity index (χ2v) is 2.94. The van der Waals surface area contributed by atoms with E-state index in [1.807, 2.05) is 6.92 Å². The molecule has 3 heteroatoms. The summed E-state index contributed by atoms with van der Waals surface area (Å²) in [5.74, 6) is 6.04. The van der Waals surface area contributed by atoms with Crippen molar-refractivity contribution in [2.45, 2.75) is 13.3 Å². The summed E-state index contributed by atoms with van der Waals surface area (Å²) >= 11 is 3.31. The first kappa shape index (κ1) is 8.35. The standard InChI is InChI=1S/C8H9BrN2/c1-7-8(6-10-11-7)4-2-3-5-9/h6H,3,5H2,1H3,(H,10,11). The number of hydrogen-bond donors (Lipinski definition) is 1. The SMILES string of the molecule is Cc1[nH]ncc1C#CCCBr. The topological polar surface area (TPSA) is 28.7 Å². The molecule has 1 heterocycles. The van der Waals surface area contributed by atoms with E-state index in [1.165, 1.54) is 0 Å². The molecule has 0 aliphatic carbocycles. The molecule has 0 aromatic carbocycles. The van der Waals surface area contributed by atoms with E-state index in [1.54, 1.807) is 6.20 Å². The number of aromatic nitrogens is 2. The number of aryl methyl sites for hydroxylation is 1. The molecule has 2 nitrogen and oxygen atoms in total. The number of hydrogen-bond acceptors (Lipinski definition) is 1. The molecule has 1 N–H and O–H groups in total. The zero-order valence-corrected chi connectivity index (χ0v) is 7.90. The van der Waals surface area contributed by atoms with Gasteiger partial charge >= 0.3 is 0 Å². The van der Waals surface area contributed by atoms with Crippen LogP contribution in [0.3, 0.4) is 0 Å². The summed E-state index contributed by atoms with van der Waals surface area (Å²) < 4.78 is 0. The highest BCUT2D eigenvalue weighted by Crippen LogP contribution is 1.99. The highest BCUT2D eigenvalue weighted by molar-refractivity contribution is 9.09. The normalized spacial score (nSPS) is 8.91. The molecule has 0 spiro atoms. The van der Waals surface area contributed by atoms with Crippen LogP contribution in [0.15, 0.2) is 6.20 Å². The first-order valence-electron chi connectivity index (χ1n) is 3.39. The Kier molecular flexibility index (Phi) is 3.18. The molecule has 0 unspecified atom stereocenters. The zero-order chi connectivity index (χ0) is 8.10. The average Bonchev–Trinajstić information content (AvgIpc) is 2.37. The maximum Gasteiger partial charge on any atom is 0.0651 e. The van der Waals surface area contributed by atoms with Crippen LogP contribution in [0, 0.1) is 18.8 Å². The summed E-state index contributed by atoms with van der Waals surface area (Å²) in [6, 6.07) is 0. The van der Waals surface area contributed by atoms with Gasteiger partial charge in [-0.25, -0.2) is 0 Å². The minimum absolute atomic E-state index is 0.880. The third-order valence-corrected chi connectivity index (χ3v) is 1.67. The van der Waals surface area contributed by atoms with Gasteiger partial charge in [-0.3, -0.25) is 5.10 Å². The van der Waals surface area contributed by atoms with Crippen LogP contribution in [0.4, 0.5) is 0 Å². The summed E-state index contributed by atoms with van der Waals surface area (Å²) in [4.78, 5) is 0. The van der Waals surface area contributed by atoms with E-state index < -0.39 is 0 Å². The van der Waals surface area contributed by atoms with E-state index in [0.717, 1.165) is 23.0 Å². The smallest absolute Gasteiger partial charge is 0.0651 e. The Balaban J connectivity index is 2.65. The van der Waals surface area contributed by atoms with Gasteiger partial charge in [0.05, 0.1) is 11.8 Å². The lowest BCUT2D eigenvalue weighted by atomic mass is 10.2. The average molecular weight is 213 g/mol. The molecule has 0 atom stereocenters. The van der Waals surface area contributed by atoms with Crippen molar-refractivity contribution < 1.29 is 0 Å². The van der Waals surface area contributed by atoms with E-state index >= 15 is 0 Å². The van der Waals surface area contributed by atoms with Gasteiger partial charge in [0.1, 0.15) is 0 Å². The molecule has 0 amide bonds. The monoisotopic (exact) mass is 212 g/mol. The minimum atomic E-state index is 0.880. The highest BCUT2D eigenvalue weighted by atomic mass is 79.9. The van der Waals surface area contributed by atoms with Crippen LogP contribution in [0.1, 0.15) is 17.7 Å². The predicted molar refractivity (Wildman–Crippen MR) is 48.6 cm³/mol. The molecule has 0 aliphatic rings. The molecule has 11 heavy (non-hydrogen) atoms. The van der Waals surface area contributed by atoms with Gasteiger partial charge in [0.25, 0.3) is 0 Å².